The lowest BCUT2D eigenvalue weighted by atomic mass is 10.2. The molecule has 0 atom stereocenters. The quantitative estimate of drug-likeness (QED) is 0.772. The van der Waals surface area contributed by atoms with E-state index in [1.165, 1.54) is 7.11 Å². The van der Waals surface area contributed by atoms with Crippen LogP contribution in [0.15, 0.2) is 55.0 Å². The van der Waals surface area contributed by atoms with E-state index in [2.05, 4.69) is 15.3 Å². The third-order valence-electron chi connectivity index (χ3n) is 3.29. The van der Waals surface area contributed by atoms with Crippen molar-refractivity contribution >= 4 is 23.3 Å². The summed E-state index contributed by atoms with van der Waals surface area (Å²) in [5.41, 5.74) is 1.31. The summed E-state index contributed by atoms with van der Waals surface area (Å²) < 4.78 is 6.88. The molecule has 0 spiro atoms. The van der Waals surface area contributed by atoms with Crippen molar-refractivity contribution in [2.24, 2.45) is 0 Å². The van der Waals surface area contributed by atoms with Gasteiger partial charge in [0.2, 0.25) is 5.88 Å². The Morgan fingerprint density at radius 3 is 2.92 bits per heavy atom. The first-order chi connectivity index (χ1) is 11.6. The van der Waals surface area contributed by atoms with Crippen molar-refractivity contribution in [2.45, 2.75) is 6.54 Å². The van der Waals surface area contributed by atoms with Crippen molar-refractivity contribution < 1.29 is 9.53 Å². The van der Waals surface area contributed by atoms with Crippen LogP contribution in [0.2, 0.25) is 5.02 Å². The molecule has 122 valence electrons. The number of carbonyl (C=O) groups is 1. The molecule has 1 aromatic carbocycles. The molecule has 0 bridgehead atoms. The molecule has 2 heterocycles. The molecule has 3 aromatic rings. The van der Waals surface area contributed by atoms with Gasteiger partial charge >= 0.3 is 0 Å². The minimum absolute atomic E-state index is 0.263. The van der Waals surface area contributed by atoms with E-state index in [1.54, 1.807) is 30.7 Å². The molecule has 0 saturated carbocycles. The van der Waals surface area contributed by atoms with E-state index in [0.717, 1.165) is 5.56 Å². The number of halogens is 1. The Balaban J connectivity index is 1.68. The summed E-state index contributed by atoms with van der Waals surface area (Å²) in [7, 11) is 1.50. The number of methoxy groups -OCH3 is 1. The fourth-order valence-corrected chi connectivity index (χ4v) is 2.41. The zero-order valence-electron chi connectivity index (χ0n) is 12.9. The number of anilines is 1. The van der Waals surface area contributed by atoms with E-state index in [-0.39, 0.29) is 11.6 Å². The number of benzene rings is 1. The highest BCUT2D eigenvalue weighted by Crippen LogP contribution is 2.14. The number of carbonyl (C=O) groups excluding carboxylic acids is 1. The van der Waals surface area contributed by atoms with Crippen LogP contribution in [0.4, 0.5) is 5.82 Å². The SMILES string of the molecule is COc1cccc(C(=O)Nc2cn(Cc3cccc(Cl)c3)cn2)n1. The molecule has 0 aliphatic carbocycles. The predicted octanol–water partition coefficient (Wildman–Crippen LogP) is 3.24. The van der Waals surface area contributed by atoms with Crippen LogP contribution in [0.1, 0.15) is 16.1 Å². The average molecular weight is 343 g/mol. The molecular formula is C17H15ClN4O2. The second kappa shape index (κ2) is 7.14. The Labute approximate surface area is 144 Å². The number of pyridine rings is 1. The number of amides is 1. The molecule has 1 amide bonds. The number of aromatic nitrogens is 3. The lowest BCUT2D eigenvalue weighted by Crippen LogP contribution is -2.14. The van der Waals surface area contributed by atoms with Crippen LogP contribution < -0.4 is 10.1 Å². The number of hydrogen-bond donors (Lipinski definition) is 1. The molecule has 1 N–H and O–H groups in total. The fourth-order valence-electron chi connectivity index (χ4n) is 2.19. The molecule has 0 saturated heterocycles. The highest BCUT2D eigenvalue weighted by molar-refractivity contribution is 6.30. The van der Waals surface area contributed by atoms with Gasteiger partial charge in [0.15, 0.2) is 5.82 Å². The maximum Gasteiger partial charge on any atom is 0.275 e. The smallest absolute Gasteiger partial charge is 0.275 e. The molecule has 6 nitrogen and oxygen atoms in total. The van der Waals surface area contributed by atoms with Crippen molar-refractivity contribution in [3.8, 4) is 5.88 Å². The van der Waals surface area contributed by atoms with Crippen LogP contribution in [0, 0.1) is 0 Å². The second-order valence-corrected chi connectivity index (χ2v) is 5.52. The lowest BCUT2D eigenvalue weighted by Gasteiger charge is -2.04. The molecule has 0 aliphatic rings. The number of nitrogens with one attached hydrogen (secondary N) is 1. The van der Waals surface area contributed by atoms with E-state index in [4.69, 9.17) is 16.3 Å². The number of nitrogens with zero attached hydrogens (tertiary/aromatic N) is 3. The largest absolute Gasteiger partial charge is 0.481 e. The molecule has 3 rings (SSSR count). The van der Waals surface area contributed by atoms with Crippen LogP contribution in [-0.4, -0.2) is 27.6 Å². The van der Waals surface area contributed by atoms with Crippen molar-refractivity contribution in [1.82, 2.24) is 14.5 Å². The number of hydrogen-bond acceptors (Lipinski definition) is 4. The fraction of sp³-hybridized carbons (Fsp3) is 0.118. The van der Waals surface area contributed by atoms with E-state index < -0.39 is 0 Å². The van der Waals surface area contributed by atoms with Gasteiger partial charge in [0.25, 0.3) is 5.91 Å². The second-order valence-electron chi connectivity index (χ2n) is 5.08. The van der Waals surface area contributed by atoms with E-state index in [0.29, 0.717) is 23.3 Å². The van der Waals surface area contributed by atoms with Crippen molar-refractivity contribution in [3.05, 3.63) is 71.3 Å². The number of imidazole rings is 1. The third kappa shape index (κ3) is 3.91. The first-order valence-corrected chi connectivity index (χ1v) is 7.60. The predicted molar refractivity (Wildman–Crippen MR) is 91.5 cm³/mol. The molecule has 0 aliphatic heterocycles. The zero-order valence-corrected chi connectivity index (χ0v) is 13.7. The summed E-state index contributed by atoms with van der Waals surface area (Å²) >= 11 is 5.98. The molecular weight excluding hydrogens is 328 g/mol. The first kappa shape index (κ1) is 16.0. The molecule has 0 fully saturated rings. The van der Waals surface area contributed by atoms with Crippen molar-refractivity contribution in [1.29, 1.82) is 0 Å². The van der Waals surface area contributed by atoms with E-state index in [1.807, 2.05) is 28.8 Å². The molecule has 0 unspecified atom stereocenters. The number of rotatable bonds is 5. The van der Waals surface area contributed by atoms with Gasteiger partial charge in [0, 0.05) is 23.8 Å². The average Bonchev–Trinajstić information content (AvgIpc) is 3.01. The third-order valence-corrected chi connectivity index (χ3v) is 3.53. The van der Waals surface area contributed by atoms with Gasteiger partial charge in [-0.1, -0.05) is 29.8 Å². The summed E-state index contributed by atoms with van der Waals surface area (Å²) in [6.45, 7) is 0.612. The van der Waals surface area contributed by atoms with E-state index in [9.17, 15) is 4.79 Å². The maximum absolute atomic E-state index is 12.2. The van der Waals surface area contributed by atoms with Crippen LogP contribution in [0.25, 0.3) is 0 Å². The Morgan fingerprint density at radius 2 is 2.12 bits per heavy atom. The highest BCUT2D eigenvalue weighted by atomic mass is 35.5. The van der Waals surface area contributed by atoms with Crippen LogP contribution in [0.3, 0.4) is 0 Å². The van der Waals surface area contributed by atoms with Gasteiger partial charge in [-0.3, -0.25) is 4.79 Å². The maximum atomic E-state index is 12.2. The highest BCUT2D eigenvalue weighted by Gasteiger charge is 2.10. The summed E-state index contributed by atoms with van der Waals surface area (Å²) in [5.74, 6) is 0.489. The van der Waals surface area contributed by atoms with Crippen molar-refractivity contribution in [3.63, 3.8) is 0 Å². The Hall–Kier alpha value is -2.86. The van der Waals surface area contributed by atoms with E-state index >= 15 is 0 Å². The Bertz CT molecular complexity index is 863. The van der Waals surface area contributed by atoms with Gasteiger partial charge < -0.3 is 14.6 Å². The molecule has 0 radical (unpaired) electrons. The van der Waals surface area contributed by atoms with Gasteiger partial charge in [-0.2, -0.15) is 0 Å². The Morgan fingerprint density at radius 1 is 1.29 bits per heavy atom. The lowest BCUT2D eigenvalue weighted by molar-refractivity contribution is 0.102. The van der Waals surface area contributed by atoms with Gasteiger partial charge in [-0.05, 0) is 23.8 Å². The Kier molecular flexibility index (Phi) is 4.77. The zero-order chi connectivity index (χ0) is 16.9. The van der Waals surface area contributed by atoms with Gasteiger partial charge in [0.05, 0.1) is 13.4 Å². The molecule has 7 heteroatoms. The van der Waals surface area contributed by atoms with Crippen molar-refractivity contribution in [2.75, 3.05) is 12.4 Å². The van der Waals surface area contributed by atoms with Crippen LogP contribution in [-0.2, 0) is 6.54 Å². The van der Waals surface area contributed by atoms with Gasteiger partial charge in [-0.25, -0.2) is 9.97 Å². The summed E-state index contributed by atoms with van der Waals surface area (Å²) in [6, 6.07) is 12.6. The number of ether oxygens (including phenoxy) is 1. The normalized spacial score (nSPS) is 10.4. The standard InChI is InChI=1S/C17H15ClN4O2/c1-24-16-7-3-6-14(20-16)17(23)21-15-10-22(11-19-15)9-12-4-2-5-13(18)8-12/h2-8,10-11H,9H2,1H3,(H,21,23). The first-order valence-electron chi connectivity index (χ1n) is 7.22. The van der Waals surface area contributed by atoms with Crippen LogP contribution in [0.5, 0.6) is 5.88 Å². The molecule has 24 heavy (non-hydrogen) atoms. The summed E-state index contributed by atoms with van der Waals surface area (Å²) in [4.78, 5) is 20.5. The van der Waals surface area contributed by atoms with Gasteiger partial charge in [-0.15, -0.1) is 0 Å². The molecule has 2 aromatic heterocycles. The van der Waals surface area contributed by atoms with Crippen LogP contribution >= 0.6 is 11.6 Å². The summed E-state index contributed by atoms with van der Waals surface area (Å²) in [5, 5.41) is 3.40. The minimum Gasteiger partial charge on any atom is -0.481 e. The summed E-state index contributed by atoms with van der Waals surface area (Å²) in [6.07, 6.45) is 3.40. The monoisotopic (exact) mass is 342 g/mol. The van der Waals surface area contributed by atoms with Gasteiger partial charge in [0.1, 0.15) is 5.69 Å². The minimum atomic E-state index is -0.345. The topological polar surface area (TPSA) is 69.0 Å².